The second kappa shape index (κ2) is 5.67. The third kappa shape index (κ3) is 3.00. The molecule has 1 N–H and O–H groups in total. The molecule has 0 aliphatic carbocycles. The minimum absolute atomic E-state index is 0.105. The van der Waals surface area contributed by atoms with E-state index in [0.29, 0.717) is 28.4 Å². The quantitative estimate of drug-likeness (QED) is 0.685. The van der Waals surface area contributed by atoms with Gasteiger partial charge in [0.05, 0.1) is 9.40 Å². The van der Waals surface area contributed by atoms with E-state index < -0.39 is 0 Å². The molecule has 1 saturated heterocycles. The van der Waals surface area contributed by atoms with E-state index in [-0.39, 0.29) is 10.6 Å². The number of hydrogen-bond acceptors (Lipinski definition) is 4. The summed E-state index contributed by atoms with van der Waals surface area (Å²) in [6.07, 6.45) is 2.29. The van der Waals surface area contributed by atoms with Crippen molar-refractivity contribution in [3.05, 3.63) is 32.3 Å². The number of nitro groups is 1. The summed E-state index contributed by atoms with van der Waals surface area (Å²) in [5.41, 5.74) is 0.714. The molecular weight excluding hydrogens is 300 g/mol. The Bertz CT molecular complexity index is 459. The summed E-state index contributed by atoms with van der Waals surface area (Å²) in [4.78, 5) is 10.4. The normalized spacial score (nSPS) is 18.9. The van der Waals surface area contributed by atoms with Crippen LogP contribution in [0.1, 0.15) is 18.4 Å². The van der Waals surface area contributed by atoms with Crippen molar-refractivity contribution in [2.45, 2.75) is 25.8 Å². The van der Waals surface area contributed by atoms with E-state index in [1.807, 2.05) is 0 Å². The van der Waals surface area contributed by atoms with E-state index in [2.05, 4.69) is 21.2 Å². The summed E-state index contributed by atoms with van der Waals surface area (Å²) >= 11 is 3.31. The van der Waals surface area contributed by atoms with Crippen LogP contribution in [0.4, 0.5) is 5.69 Å². The number of nitrogens with one attached hydrogen (secondary N) is 1. The van der Waals surface area contributed by atoms with Crippen molar-refractivity contribution in [1.29, 1.82) is 0 Å². The van der Waals surface area contributed by atoms with Crippen LogP contribution in [0.25, 0.3) is 0 Å². The predicted octanol–water partition coefficient (Wildman–Crippen LogP) is 2.80. The maximum absolute atomic E-state index is 10.8. The summed E-state index contributed by atoms with van der Waals surface area (Å²) in [6, 6.07) is 3.58. The maximum Gasteiger partial charge on any atom is 0.273 e. The Hall–Kier alpha value is -1.14. The van der Waals surface area contributed by atoms with Crippen molar-refractivity contribution in [3.8, 4) is 5.75 Å². The molecule has 1 heterocycles. The SMILES string of the molecule is Cc1cc(OCC2CCCN2)c(Br)cc1[N+](=O)[O-]. The topological polar surface area (TPSA) is 64.4 Å². The van der Waals surface area contributed by atoms with Gasteiger partial charge < -0.3 is 10.1 Å². The smallest absolute Gasteiger partial charge is 0.273 e. The highest BCUT2D eigenvalue weighted by atomic mass is 79.9. The number of rotatable bonds is 4. The van der Waals surface area contributed by atoms with Crippen molar-refractivity contribution >= 4 is 21.6 Å². The summed E-state index contributed by atoms with van der Waals surface area (Å²) in [7, 11) is 0. The molecule has 0 bridgehead atoms. The number of hydrogen-bond donors (Lipinski definition) is 1. The Labute approximate surface area is 114 Å². The van der Waals surface area contributed by atoms with Gasteiger partial charge in [0.2, 0.25) is 0 Å². The molecule has 1 fully saturated rings. The Kier molecular flexibility index (Phi) is 4.19. The number of nitrogens with zero attached hydrogens (tertiary/aromatic N) is 1. The van der Waals surface area contributed by atoms with E-state index in [4.69, 9.17) is 4.74 Å². The molecule has 0 radical (unpaired) electrons. The predicted molar refractivity (Wildman–Crippen MR) is 72.1 cm³/mol. The molecule has 6 heteroatoms. The van der Waals surface area contributed by atoms with Crippen LogP contribution in [-0.4, -0.2) is 24.1 Å². The van der Waals surface area contributed by atoms with Gasteiger partial charge in [-0.05, 0) is 48.3 Å². The summed E-state index contributed by atoms with van der Waals surface area (Å²) < 4.78 is 6.33. The van der Waals surface area contributed by atoms with Gasteiger partial charge in [-0.2, -0.15) is 0 Å². The lowest BCUT2D eigenvalue weighted by Gasteiger charge is -2.13. The average molecular weight is 315 g/mol. The molecule has 1 aliphatic heterocycles. The lowest BCUT2D eigenvalue weighted by molar-refractivity contribution is -0.385. The molecular formula is C12H15BrN2O3. The fraction of sp³-hybridized carbons (Fsp3) is 0.500. The molecule has 0 saturated carbocycles. The number of benzene rings is 1. The first-order valence-electron chi connectivity index (χ1n) is 5.88. The van der Waals surface area contributed by atoms with Crippen LogP contribution in [0, 0.1) is 17.0 Å². The van der Waals surface area contributed by atoms with E-state index >= 15 is 0 Å². The highest BCUT2D eigenvalue weighted by Crippen LogP contribution is 2.32. The number of nitro benzene ring substituents is 1. The van der Waals surface area contributed by atoms with Crippen LogP contribution < -0.4 is 10.1 Å². The fourth-order valence-corrected chi connectivity index (χ4v) is 2.49. The van der Waals surface area contributed by atoms with Crippen LogP contribution in [0.2, 0.25) is 0 Å². The lowest BCUT2D eigenvalue weighted by Crippen LogP contribution is -2.28. The van der Waals surface area contributed by atoms with Gasteiger partial charge in [-0.25, -0.2) is 0 Å². The molecule has 5 nitrogen and oxygen atoms in total. The van der Waals surface area contributed by atoms with Crippen molar-refractivity contribution in [1.82, 2.24) is 5.32 Å². The molecule has 0 spiro atoms. The number of ether oxygens (including phenoxy) is 1. The highest BCUT2D eigenvalue weighted by molar-refractivity contribution is 9.10. The van der Waals surface area contributed by atoms with Gasteiger partial charge in [-0.3, -0.25) is 10.1 Å². The van der Waals surface area contributed by atoms with E-state index in [9.17, 15) is 10.1 Å². The fourth-order valence-electron chi connectivity index (χ4n) is 2.04. The Morgan fingerprint density at radius 1 is 1.61 bits per heavy atom. The molecule has 1 atom stereocenters. The van der Waals surface area contributed by atoms with Crippen LogP contribution in [0.3, 0.4) is 0 Å². The van der Waals surface area contributed by atoms with E-state index in [1.54, 1.807) is 13.0 Å². The molecule has 1 aliphatic rings. The zero-order chi connectivity index (χ0) is 13.1. The minimum atomic E-state index is -0.387. The minimum Gasteiger partial charge on any atom is -0.491 e. The number of halogens is 1. The second-order valence-electron chi connectivity index (χ2n) is 4.43. The standard InChI is InChI=1S/C12H15BrN2O3/c1-8-5-12(10(13)6-11(8)15(16)17)18-7-9-3-2-4-14-9/h5-6,9,14H,2-4,7H2,1H3. The first-order valence-corrected chi connectivity index (χ1v) is 6.68. The zero-order valence-corrected chi connectivity index (χ0v) is 11.7. The molecule has 2 rings (SSSR count). The Morgan fingerprint density at radius 3 is 3.00 bits per heavy atom. The summed E-state index contributed by atoms with van der Waals surface area (Å²) in [5, 5.41) is 14.1. The molecule has 0 amide bonds. The van der Waals surface area contributed by atoms with Gasteiger partial charge in [0, 0.05) is 17.7 Å². The molecule has 98 valence electrons. The maximum atomic E-state index is 10.8. The van der Waals surface area contributed by atoms with Gasteiger partial charge in [-0.15, -0.1) is 0 Å². The van der Waals surface area contributed by atoms with Crippen LogP contribution >= 0.6 is 15.9 Å². The van der Waals surface area contributed by atoms with Crippen molar-refractivity contribution in [2.24, 2.45) is 0 Å². The number of aryl methyl sites for hydroxylation is 1. The third-order valence-corrected chi connectivity index (χ3v) is 3.67. The first-order chi connectivity index (χ1) is 8.58. The van der Waals surface area contributed by atoms with Gasteiger partial charge in [0.25, 0.3) is 5.69 Å². The van der Waals surface area contributed by atoms with Gasteiger partial charge in [0.15, 0.2) is 0 Å². The average Bonchev–Trinajstić information content (AvgIpc) is 2.82. The summed E-state index contributed by atoms with van der Waals surface area (Å²) in [5.74, 6) is 0.659. The molecule has 18 heavy (non-hydrogen) atoms. The van der Waals surface area contributed by atoms with Crippen molar-refractivity contribution < 1.29 is 9.66 Å². The first kappa shape index (κ1) is 13.3. The highest BCUT2D eigenvalue weighted by Gasteiger charge is 2.18. The summed E-state index contributed by atoms with van der Waals surface area (Å²) in [6.45, 7) is 3.34. The lowest BCUT2D eigenvalue weighted by atomic mass is 10.2. The van der Waals surface area contributed by atoms with Gasteiger partial charge in [0.1, 0.15) is 12.4 Å². The van der Waals surface area contributed by atoms with Gasteiger partial charge in [-0.1, -0.05) is 0 Å². The third-order valence-electron chi connectivity index (χ3n) is 3.05. The molecule has 1 aromatic rings. The molecule has 1 unspecified atom stereocenters. The van der Waals surface area contributed by atoms with Gasteiger partial charge >= 0.3 is 0 Å². The molecule has 1 aromatic carbocycles. The van der Waals surface area contributed by atoms with Crippen LogP contribution in [-0.2, 0) is 0 Å². The zero-order valence-electron chi connectivity index (χ0n) is 10.1. The van der Waals surface area contributed by atoms with Crippen molar-refractivity contribution in [3.63, 3.8) is 0 Å². The van der Waals surface area contributed by atoms with E-state index in [1.165, 1.54) is 12.5 Å². The Morgan fingerprint density at radius 2 is 2.39 bits per heavy atom. The van der Waals surface area contributed by atoms with Crippen LogP contribution in [0.15, 0.2) is 16.6 Å². The largest absolute Gasteiger partial charge is 0.491 e. The molecule has 0 aromatic heterocycles. The Balaban J connectivity index is 2.08. The monoisotopic (exact) mass is 314 g/mol. The van der Waals surface area contributed by atoms with Crippen molar-refractivity contribution in [2.75, 3.05) is 13.2 Å². The van der Waals surface area contributed by atoms with E-state index in [0.717, 1.165) is 13.0 Å². The van der Waals surface area contributed by atoms with Crippen LogP contribution in [0.5, 0.6) is 5.75 Å². The second-order valence-corrected chi connectivity index (χ2v) is 5.28.